The van der Waals surface area contributed by atoms with Crippen LogP contribution in [0.1, 0.15) is 25.3 Å². The van der Waals surface area contributed by atoms with Crippen LogP contribution in [0.5, 0.6) is 0 Å². The molecule has 0 aliphatic heterocycles. The largest absolute Gasteiger partial charge is 0.384 e. The second-order valence-electron chi connectivity index (χ2n) is 7.01. The Bertz CT molecular complexity index is 968. The van der Waals surface area contributed by atoms with E-state index in [0.717, 1.165) is 25.1 Å². The number of hydrogen-bond donors (Lipinski definition) is 3. The molecule has 0 spiro atoms. The monoisotopic (exact) mass is 384 g/mol. The average Bonchev–Trinajstić information content (AvgIpc) is 2.67. The van der Waals surface area contributed by atoms with E-state index in [9.17, 15) is 4.39 Å². The normalized spacial score (nSPS) is 12.3. The SMILES string of the molecule is CCC(CCNC)Nc1cc(-c2c(C)cccc2F)c(F)c2cnc(N)cc12. The van der Waals surface area contributed by atoms with E-state index in [2.05, 4.69) is 22.5 Å². The van der Waals surface area contributed by atoms with Gasteiger partial charge in [0.05, 0.1) is 0 Å². The Morgan fingerprint density at radius 1 is 1.18 bits per heavy atom. The first kappa shape index (κ1) is 20.0. The molecule has 0 amide bonds. The highest BCUT2D eigenvalue weighted by Crippen LogP contribution is 2.37. The van der Waals surface area contributed by atoms with Crippen LogP contribution in [0.25, 0.3) is 21.9 Å². The number of aromatic nitrogens is 1. The van der Waals surface area contributed by atoms with Crippen molar-refractivity contribution in [3.8, 4) is 11.1 Å². The van der Waals surface area contributed by atoms with E-state index in [-0.39, 0.29) is 17.2 Å². The predicted octanol–water partition coefficient (Wildman–Crippen LogP) is 4.87. The number of benzene rings is 2. The molecule has 1 atom stereocenters. The smallest absolute Gasteiger partial charge is 0.140 e. The molecule has 1 heterocycles. The summed E-state index contributed by atoms with van der Waals surface area (Å²) in [5.74, 6) is -0.632. The van der Waals surface area contributed by atoms with E-state index in [1.165, 1.54) is 12.3 Å². The number of nitrogen functional groups attached to an aromatic ring is 1. The van der Waals surface area contributed by atoms with Gasteiger partial charge < -0.3 is 16.4 Å². The zero-order valence-corrected chi connectivity index (χ0v) is 16.4. The molecule has 0 bridgehead atoms. The van der Waals surface area contributed by atoms with Gasteiger partial charge in [-0.05, 0) is 57.1 Å². The summed E-state index contributed by atoms with van der Waals surface area (Å²) in [6, 6.07) is 8.28. The van der Waals surface area contributed by atoms with Crippen LogP contribution in [-0.2, 0) is 0 Å². The zero-order chi connectivity index (χ0) is 20.3. The van der Waals surface area contributed by atoms with Crippen molar-refractivity contribution in [1.29, 1.82) is 0 Å². The Morgan fingerprint density at radius 2 is 1.96 bits per heavy atom. The second kappa shape index (κ2) is 8.52. The maximum Gasteiger partial charge on any atom is 0.140 e. The van der Waals surface area contributed by atoms with Gasteiger partial charge in [-0.2, -0.15) is 0 Å². The molecule has 6 heteroatoms. The Labute approximate surface area is 164 Å². The minimum absolute atomic E-state index is 0.185. The molecule has 28 heavy (non-hydrogen) atoms. The van der Waals surface area contributed by atoms with Crippen molar-refractivity contribution in [1.82, 2.24) is 10.3 Å². The number of fused-ring (bicyclic) bond motifs is 1. The van der Waals surface area contributed by atoms with Gasteiger partial charge in [-0.3, -0.25) is 0 Å². The third kappa shape index (κ3) is 3.92. The molecule has 1 unspecified atom stereocenters. The third-order valence-electron chi connectivity index (χ3n) is 5.06. The lowest BCUT2D eigenvalue weighted by atomic mass is 9.95. The summed E-state index contributed by atoms with van der Waals surface area (Å²) in [7, 11) is 1.91. The molecule has 0 aliphatic rings. The highest BCUT2D eigenvalue weighted by Gasteiger charge is 2.19. The molecule has 148 valence electrons. The predicted molar refractivity (Wildman–Crippen MR) is 112 cm³/mol. The number of halogens is 2. The van der Waals surface area contributed by atoms with E-state index in [0.29, 0.717) is 22.2 Å². The first-order chi connectivity index (χ1) is 13.5. The molecule has 0 radical (unpaired) electrons. The van der Waals surface area contributed by atoms with Crippen molar-refractivity contribution in [2.45, 2.75) is 32.7 Å². The van der Waals surface area contributed by atoms with E-state index >= 15 is 4.39 Å². The summed E-state index contributed by atoms with van der Waals surface area (Å²) >= 11 is 0. The first-order valence-corrected chi connectivity index (χ1v) is 9.50. The van der Waals surface area contributed by atoms with Crippen LogP contribution in [0.4, 0.5) is 20.3 Å². The molecule has 0 fully saturated rings. The van der Waals surface area contributed by atoms with Gasteiger partial charge in [-0.1, -0.05) is 19.1 Å². The minimum atomic E-state index is -0.496. The summed E-state index contributed by atoms with van der Waals surface area (Å²) in [5, 5.41) is 7.61. The van der Waals surface area contributed by atoms with Crippen LogP contribution in [0.2, 0.25) is 0 Å². The summed E-state index contributed by atoms with van der Waals surface area (Å²) < 4.78 is 29.9. The molecule has 3 rings (SSSR count). The summed E-state index contributed by atoms with van der Waals surface area (Å²) in [4.78, 5) is 4.04. The molecule has 2 aromatic carbocycles. The molecule has 0 aliphatic carbocycles. The topological polar surface area (TPSA) is 63.0 Å². The zero-order valence-electron chi connectivity index (χ0n) is 16.4. The fourth-order valence-corrected chi connectivity index (χ4v) is 3.49. The number of nitrogens with one attached hydrogen (secondary N) is 2. The van der Waals surface area contributed by atoms with Gasteiger partial charge >= 0.3 is 0 Å². The van der Waals surface area contributed by atoms with Crippen molar-refractivity contribution in [2.75, 3.05) is 24.6 Å². The lowest BCUT2D eigenvalue weighted by Crippen LogP contribution is -2.24. The minimum Gasteiger partial charge on any atom is -0.384 e. The van der Waals surface area contributed by atoms with Gasteiger partial charge in [0.15, 0.2) is 0 Å². The lowest BCUT2D eigenvalue weighted by Gasteiger charge is -2.21. The molecule has 3 aromatic rings. The molecule has 0 saturated heterocycles. The highest BCUT2D eigenvalue weighted by atomic mass is 19.1. The van der Waals surface area contributed by atoms with Gasteiger partial charge in [0, 0.05) is 39.8 Å². The van der Waals surface area contributed by atoms with Gasteiger partial charge in [0.25, 0.3) is 0 Å². The fraction of sp³-hybridized carbons (Fsp3) is 0.318. The van der Waals surface area contributed by atoms with Crippen molar-refractivity contribution >= 4 is 22.3 Å². The Kier molecular flexibility index (Phi) is 6.09. The quantitative estimate of drug-likeness (QED) is 0.544. The van der Waals surface area contributed by atoms with E-state index in [4.69, 9.17) is 5.73 Å². The molecule has 4 nitrogen and oxygen atoms in total. The fourth-order valence-electron chi connectivity index (χ4n) is 3.49. The number of pyridine rings is 1. The number of anilines is 2. The van der Waals surface area contributed by atoms with Crippen LogP contribution in [0.3, 0.4) is 0 Å². The van der Waals surface area contributed by atoms with Crippen molar-refractivity contribution in [3.05, 3.63) is 53.7 Å². The molecular formula is C22H26F2N4. The molecule has 1 aromatic heterocycles. The van der Waals surface area contributed by atoms with Crippen LogP contribution < -0.4 is 16.4 Å². The maximum absolute atomic E-state index is 15.4. The molecular weight excluding hydrogens is 358 g/mol. The van der Waals surface area contributed by atoms with Crippen LogP contribution >= 0.6 is 0 Å². The Morgan fingerprint density at radius 3 is 2.64 bits per heavy atom. The standard InChI is InChI=1S/C22H26F2N4/c1-4-14(8-9-26-3)28-19-10-16(21-13(2)6-5-7-18(21)23)22(24)17-12-27-20(25)11-15(17)19/h5-7,10-12,14,26,28H,4,8-9H2,1-3H3,(H2,25,27). The van der Waals surface area contributed by atoms with Gasteiger partial charge in [-0.25, -0.2) is 13.8 Å². The van der Waals surface area contributed by atoms with Gasteiger partial charge in [0.2, 0.25) is 0 Å². The number of aryl methyl sites for hydroxylation is 1. The van der Waals surface area contributed by atoms with Crippen LogP contribution in [0, 0.1) is 18.6 Å². The maximum atomic E-state index is 15.4. The second-order valence-corrected chi connectivity index (χ2v) is 7.01. The van der Waals surface area contributed by atoms with Crippen molar-refractivity contribution < 1.29 is 8.78 Å². The summed E-state index contributed by atoms with van der Waals surface area (Å²) in [5.41, 5.74) is 7.75. The van der Waals surface area contributed by atoms with E-state index < -0.39 is 11.6 Å². The highest BCUT2D eigenvalue weighted by molar-refractivity contribution is 5.99. The molecule has 0 saturated carbocycles. The van der Waals surface area contributed by atoms with E-state index in [1.807, 2.05) is 7.05 Å². The van der Waals surface area contributed by atoms with Gasteiger partial charge in [-0.15, -0.1) is 0 Å². The number of nitrogens with two attached hydrogens (primary N) is 1. The molecule has 4 N–H and O–H groups in total. The summed E-state index contributed by atoms with van der Waals surface area (Å²) in [6.45, 7) is 4.72. The Balaban J connectivity index is 2.21. The lowest BCUT2D eigenvalue weighted by molar-refractivity contribution is 0.604. The van der Waals surface area contributed by atoms with Crippen LogP contribution in [-0.4, -0.2) is 24.6 Å². The van der Waals surface area contributed by atoms with Crippen LogP contribution in [0.15, 0.2) is 36.5 Å². The number of hydrogen-bond acceptors (Lipinski definition) is 4. The van der Waals surface area contributed by atoms with Crippen molar-refractivity contribution in [3.63, 3.8) is 0 Å². The third-order valence-corrected chi connectivity index (χ3v) is 5.06. The number of nitrogens with zero attached hydrogens (tertiary/aromatic N) is 1. The summed E-state index contributed by atoms with van der Waals surface area (Å²) in [6.07, 6.45) is 3.22. The van der Waals surface area contributed by atoms with Crippen molar-refractivity contribution in [2.24, 2.45) is 0 Å². The Hall–Kier alpha value is -2.73. The van der Waals surface area contributed by atoms with Gasteiger partial charge in [0.1, 0.15) is 17.5 Å². The first-order valence-electron chi connectivity index (χ1n) is 9.50. The average molecular weight is 384 g/mol. The van der Waals surface area contributed by atoms with E-state index in [1.54, 1.807) is 31.2 Å². The number of rotatable bonds is 7.